The Morgan fingerprint density at radius 2 is 1.76 bits per heavy atom. The molecule has 1 aliphatic heterocycles. The van der Waals surface area contributed by atoms with Gasteiger partial charge in [-0.15, -0.1) is 0 Å². The van der Waals surface area contributed by atoms with E-state index in [9.17, 15) is 9.90 Å². The SMILES string of the molecule is Cc1c(O)c2c(c(-c3ccccc3)c1OC(C)C)C(=O)C21OCCO1. The molecule has 0 aromatic heterocycles. The second-order valence-electron chi connectivity index (χ2n) is 6.60. The Hall–Kier alpha value is -2.37. The van der Waals surface area contributed by atoms with Gasteiger partial charge in [0.25, 0.3) is 5.79 Å². The van der Waals surface area contributed by atoms with Crippen LogP contribution in [0.25, 0.3) is 11.1 Å². The number of rotatable bonds is 3. The number of Topliss-reactive ketones (excluding diaryl/α,β-unsaturated/α-hetero) is 1. The predicted octanol–water partition coefficient (Wildman–Crippen LogP) is 3.55. The molecule has 2 aromatic rings. The van der Waals surface area contributed by atoms with E-state index in [2.05, 4.69) is 0 Å². The van der Waals surface area contributed by atoms with Crippen LogP contribution in [0.15, 0.2) is 30.3 Å². The van der Waals surface area contributed by atoms with Gasteiger partial charge in [-0.2, -0.15) is 0 Å². The van der Waals surface area contributed by atoms with Gasteiger partial charge in [0.1, 0.15) is 11.5 Å². The standard InChI is InChI=1S/C20H20O5/c1-11(2)25-18-12(3)17(21)16-15(14(18)13-7-5-4-6-8-13)19(22)20(16)23-9-10-24-20/h4-8,11,21H,9-10H2,1-3H3. The molecule has 1 fully saturated rings. The van der Waals surface area contributed by atoms with Crippen molar-refractivity contribution in [3.05, 3.63) is 47.0 Å². The molecule has 1 N–H and O–H groups in total. The molecular formula is C20H20O5. The Balaban J connectivity index is 2.03. The molecule has 2 aliphatic rings. The zero-order valence-electron chi connectivity index (χ0n) is 14.5. The van der Waals surface area contributed by atoms with E-state index in [1.54, 1.807) is 6.92 Å². The van der Waals surface area contributed by atoms with Crippen LogP contribution in [0, 0.1) is 6.92 Å². The number of hydrogen-bond donors (Lipinski definition) is 1. The topological polar surface area (TPSA) is 65.0 Å². The highest BCUT2D eigenvalue weighted by Gasteiger charge is 2.61. The summed E-state index contributed by atoms with van der Waals surface area (Å²) in [5.41, 5.74) is 2.97. The Kier molecular flexibility index (Phi) is 3.60. The van der Waals surface area contributed by atoms with Crippen molar-refractivity contribution < 1.29 is 24.1 Å². The van der Waals surface area contributed by atoms with E-state index >= 15 is 0 Å². The van der Waals surface area contributed by atoms with Gasteiger partial charge in [-0.3, -0.25) is 4.79 Å². The van der Waals surface area contributed by atoms with Crippen LogP contribution >= 0.6 is 0 Å². The number of phenols is 1. The number of ether oxygens (including phenoxy) is 3. The van der Waals surface area contributed by atoms with E-state index in [0.717, 1.165) is 5.56 Å². The van der Waals surface area contributed by atoms with Crippen molar-refractivity contribution in [2.75, 3.05) is 13.2 Å². The number of fused-ring (bicyclic) bond motifs is 2. The molecule has 1 spiro atoms. The molecule has 0 atom stereocenters. The molecule has 1 saturated heterocycles. The van der Waals surface area contributed by atoms with E-state index in [0.29, 0.717) is 41.2 Å². The third-order valence-corrected chi connectivity index (χ3v) is 4.62. The van der Waals surface area contributed by atoms with Crippen LogP contribution in [0.5, 0.6) is 11.5 Å². The van der Waals surface area contributed by atoms with Crippen LogP contribution < -0.4 is 4.74 Å². The van der Waals surface area contributed by atoms with E-state index in [1.165, 1.54) is 0 Å². The zero-order valence-corrected chi connectivity index (χ0v) is 14.5. The fourth-order valence-corrected chi connectivity index (χ4v) is 3.55. The Morgan fingerprint density at radius 1 is 1.12 bits per heavy atom. The van der Waals surface area contributed by atoms with Crippen LogP contribution in [0.3, 0.4) is 0 Å². The molecule has 1 aliphatic carbocycles. The van der Waals surface area contributed by atoms with Gasteiger partial charge >= 0.3 is 0 Å². The predicted molar refractivity (Wildman–Crippen MR) is 92.0 cm³/mol. The van der Waals surface area contributed by atoms with Crippen molar-refractivity contribution in [3.8, 4) is 22.6 Å². The van der Waals surface area contributed by atoms with Gasteiger partial charge in [0.15, 0.2) is 0 Å². The molecule has 0 amide bonds. The first-order chi connectivity index (χ1) is 12.0. The second-order valence-corrected chi connectivity index (χ2v) is 6.60. The molecule has 0 unspecified atom stereocenters. The zero-order chi connectivity index (χ0) is 17.8. The first-order valence-electron chi connectivity index (χ1n) is 8.42. The number of hydrogen-bond acceptors (Lipinski definition) is 5. The lowest BCUT2D eigenvalue weighted by Crippen LogP contribution is -2.48. The van der Waals surface area contributed by atoms with E-state index in [4.69, 9.17) is 14.2 Å². The minimum absolute atomic E-state index is 0.00633. The van der Waals surface area contributed by atoms with Crippen molar-refractivity contribution >= 4 is 5.78 Å². The average molecular weight is 340 g/mol. The maximum atomic E-state index is 13.0. The molecule has 1 heterocycles. The summed E-state index contributed by atoms with van der Waals surface area (Å²) < 4.78 is 17.2. The minimum Gasteiger partial charge on any atom is -0.507 e. The largest absolute Gasteiger partial charge is 0.507 e. The summed E-state index contributed by atoms with van der Waals surface area (Å²) in [4.78, 5) is 13.0. The van der Waals surface area contributed by atoms with Crippen molar-refractivity contribution in [1.29, 1.82) is 0 Å². The summed E-state index contributed by atoms with van der Waals surface area (Å²) in [7, 11) is 0. The van der Waals surface area contributed by atoms with Gasteiger partial charge in [-0.1, -0.05) is 30.3 Å². The van der Waals surface area contributed by atoms with Gasteiger partial charge in [-0.25, -0.2) is 0 Å². The normalized spacial score (nSPS) is 17.7. The quantitative estimate of drug-likeness (QED) is 0.926. The van der Waals surface area contributed by atoms with Crippen molar-refractivity contribution in [2.45, 2.75) is 32.7 Å². The summed E-state index contributed by atoms with van der Waals surface area (Å²) in [5, 5.41) is 10.8. The van der Waals surface area contributed by atoms with E-state index in [1.807, 2.05) is 44.2 Å². The maximum Gasteiger partial charge on any atom is 0.265 e. The lowest BCUT2D eigenvalue weighted by molar-refractivity contribution is -0.138. The molecule has 2 aromatic carbocycles. The van der Waals surface area contributed by atoms with Gasteiger partial charge in [0.2, 0.25) is 5.78 Å². The molecule has 130 valence electrons. The number of ketones is 1. The van der Waals surface area contributed by atoms with Crippen molar-refractivity contribution in [2.24, 2.45) is 0 Å². The summed E-state index contributed by atoms with van der Waals surface area (Å²) in [6, 6.07) is 9.58. The number of phenolic OH excluding ortho intramolecular Hbond substituents is 1. The summed E-state index contributed by atoms with van der Waals surface area (Å²) >= 11 is 0. The molecule has 5 heteroatoms. The molecule has 4 rings (SSSR count). The Bertz CT molecular complexity index is 848. The fraction of sp³-hybridized carbons (Fsp3) is 0.350. The number of carbonyl (C=O) groups excluding carboxylic acids is 1. The summed E-state index contributed by atoms with van der Waals surface area (Å²) in [6.07, 6.45) is -0.0956. The second kappa shape index (κ2) is 5.58. The van der Waals surface area contributed by atoms with Crippen LogP contribution in [0.2, 0.25) is 0 Å². The van der Waals surface area contributed by atoms with Crippen LogP contribution in [-0.4, -0.2) is 30.2 Å². The van der Waals surface area contributed by atoms with Crippen LogP contribution in [-0.2, 0) is 15.3 Å². The minimum atomic E-state index is -1.45. The molecule has 5 nitrogen and oxygen atoms in total. The van der Waals surface area contributed by atoms with E-state index < -0.39 is 5.79 Å². The van der Waals surface area contributed by atoms with Gasteiger partial charge in [-0.05, 0) is 26.3 Å². The smallest absolute Gasteiger partial charge is 0.265 e. The van der Waals surface area contributed by atoms with Gasteiger partial charge < -0.3 is 19.3 Å². The third kappa shape index (κ3) is 2.12. The maximum absolute atomic E-state index is 13.0. The van der Waals surface area contributed by atoms with Crippen LogP contribution in [0.1, 0.15) is 35.3 Å². The summed E-state index contributed by atoms with van der Waals surface area (Å²) in [6.45, 7) is 6.27. The van der Waals surface area contributed by atoms with E-state index in [-0.39, 0.29) is 17.6 Å². The Labute approximate surface area is 146 Å². The Morgan fingerprint density at radius 3 is 2.36 bits per heavy atom. The highest BCUT2D eigenvalue weighted by atomic mass is 16.7. The number of aromatic hydroxyl groups is 1. The molecule has 0 saturated carbocycles. The first kappa shape index (κ1) is 16.1. The van der Waals surface area contributed by atoms with Gasteiger partial charge in [0, 0.05) is 16.7 Å². The molecule has 25 heavy (non-hydrogen) atoms. The summed E-state index contributed by atoms with van der Waals surface area (Å²) in [5.74, 6) is -1.18. The molecule has 0 radical (unpaired) electrons. The highest BCUT2D eigenvalue weighted by molar-refractivity contribution is 6.18. The van der Waals surface area contributed by atoms with Crippen molar-refractivity contribution in [1.82, 2.24) is 0 Å². The highest BCUT2D eigenvalue weighted by Crippen LogP contribution is 2.57. The molecular weight excluding hydrogens is 320 g/mol. The van der Waals surface area contributed by atoms with Crippen molar-refractivity contribution in [3.63, 3.8) is 0 Å². The first-order valence-corrected chi connectivity index (χ1v) is 8.42. The number of benzene rings is 2. The van der Waals surface area contributed by atoms with Gasteiger partial charge in [0.05, 0.1) is 24.9 Å². The van der Waals surface area contributed by atoms with Crippen LogP contribution in [0.4, 0.5) is 0 Å². The lowest BCUT2D eigenvalue weighted by atomic mass is 9.73. The molecule has 0 bridgehead atoms. The average Bonchev–Trinajstić information content (AvgIpc) is 3.11. The monoisotopic (exact) mass is 340 g/mol. The fourth-order valence-electron chi connectivity index (χ4n) is 3.55. The lowest BCUT2D eigenvalue weighted by Gasteiger charge is -2.39. The number of carbonyl (C=O) groups is 1. The third-order valence-electron chi connectivity index (χ3n) is 4.62.